The average Bonchev–Trinajstić information content (AvgIpc) is 2.84. The third-order valence-electron chi connectivity index (χ3n) is 3.75. The van der Waals surface area contributed by atoms with Crippen LogP contribution in [0, 0.1) is 11.8 Å². The van der Waals surface area contributed by atoms with Gasteiger partial charge in [-0.05, 0) is 19.3 Å². The Bertz CT molecular complexity index is 458. The summed E-state index contributed by atoms with van der Waals surface area (Å²) >= 11 is 0. The van der Waals surface area contributed by atoms with E-state index in [1.54, 1.807) is 0 Å². The number of nitrogens with one attached hydrogen (secondary N) is 1. The van der Waals surface area contributed by atoms with Gasteiger partial charge < -0.3 is 10.4 Å². The highest BCUT2D eigenvalue weighted by atomic mass is 32.2. The molecule has 2 N–H and O–H groups in total. The molecule has 1 aliphatic heterocycles. The van der Waals surface area contributed by atoms with Crippen LogP contribution in [0.4, 0.5) is 0 Å². The molecule has 0 spiro atoms. The Morgan fingerprint density at radius 2 is 1.78 bits per heavy atom. The third kappa shape index (κ3) is 2.82. The van der Waals surface area contributed by atoms with Crippen LogP contribution in [0.15, 0.2) is 0 Å². The van der Waals surface area contributed by atoms with E-state index in [-0.39, 0.29) is 23.5 Å². The van der Waals surface area contributed by atoms with Gasteiger partial charge in [-0.2, -0.15) is 0 Å². The van der Waals surface area contributed by atoms with Crippen molar-refractivity contribution in [2.24, 2.45) is 11.8 Å². The van der Waals surface area contributed by atoms with Gasteiger partial charge in [0.1, 0.15) is 0 Å². The Morgan fingerprint density at radius 3 is 2.33 bits per heavy atom. The van der Waals surface area contributed by atoms with Crippen molar-refractivity contribution in [3.8, 4) is 0 Å². The maximum atomic E-state index is 12.0. The average molecular weight is 275 g/mol. The highest BCUT2D eigenvalue weighted by molar-refractivity contribution is 7.91. The molecule has 7 heteroatoms. The number of amides is 1. The highest BCUT2D eigenvalue weighted by Gasteiger charge is 2.39. The molecule has 1 unspecified atom stereocenters. The topological polar surface area (TPSA) is 101 Å². The summed E-state index contributed by atoms with van der Waals surface area (Å²) in [5.74, 6) is -2.30. The van der Waals surface area contributed by atoms with Crippen molar-refractivity contribution in [1.29, 1.82) is 0 Å². The van der Waals surface area contributed by atoms with Crippen LogP contribution in [0.5, 0.6) is 0 Å². The number of sulfone groups is 1. The van der Waals surface area contributed by atoms with E-state index >= 15 is 0 Å². The molecule has 102 valence electrons. The second-order valence-electron chi connectivity index (χ2n) is 5.09. The summed E-state index contributed by atoms with van der Waals surface area (Å²) in [6, 6.07) is -0.349. The molecule has 2 fully saturated rings. The van der Waals surface area contributed by atoms with E-state index < -0.39 is 27.6 Å². The number of carbonyl (C=O) groups excluding carboxylic acids is 1. The Labute approximate surface area is 106 Å². The standard InChI is InChI=1S/C11H17NO5S/c13-10(8-2-1-3-9(8)11(14)15)12-7-4-5-18(16,17)6-7/h7-9H,1-6H2,(H,12,13)(H,14,15)/t7?,8-,9+/m1/s1. The van der Waals surface area contributed by atoms with Gasteiger partial charge in [0.05, 0.1) is 23.3 Å². The summed E-state index contributed by atoms with van der Waals surface area (Å²) in [6.07, 6.45) is 2.26. The zero-order valence-corrected chi connectivity index (χ0v) is 10.8. The van der Waals surface area contributed by atoms with Gasteiger partial charge in [0.25, 0.3) is 0 Å². The second-order valence-corrected chi connectivity index (χ2v) is 7.32. The Balaban J connectivity index is 1.94. The van der Waals surface area contributed by atoms with Gasteiger partial charge in [-0.25, -0.2) is 8.42 Å². The first-order valence-electron chi connectivity index (χ1n) is 6.12. The number of carboxylic acids is 1. The number of rotatable bonds is 3. The zero-order chi connectivity index (χ0) is 13.3. The normalized spacial score (nSPS) is 34.3. The van der Waals surface area contributed by atoms with E-state index in [2.05, 4.69) is 5.32 Å². The smallest absolute Gasteiger partial charge is 0.307 e. The molecule has 0 bridgehead atoms. The van der Waals surface area contributed by atoms with Gasteiger partial charge in [0.2, 0.25) is 5.91 Å². The van der Waals surface area contributed by atoms with Crippen LogP contribution in [0.2, 0.25) is 0 Å². The molecule has 1 aliphatic carbocycles. The van der Waals surface area contributed by atoms with E-state index in [0.29, 0.717) is 19.3 Å². The van der Waals surface area contributed by atoms with Crippen LogP contribution in [-0.2, 0) is 19.4 Å². The van der Waals surface area contributed by atoms with Gasteiger partial charge >= 0.3 is 5.97 Å². The number of hydrogen-bond donors (Lipinski definition) is 2. The van der Waals surface area contributed by atoms with Gasteiger partial charge in [-0.3, -0.25) is 9.59 Å². The van der Waals surface area contributed by atoms with Crippen molar-refractivity contribution in [2.45, 2.75) is 31.7 Å². The summed E-state index contributed by atoms with van der Waals surface area (Å²) in [6.45, 7) is 0. The summed E-state index contributed by atoms with van der Waals surface area (Å²) in [5, 5.41) is 11.7. The molecule has 0 aromatic rings. The van der Waals surface area contributed by atoms with Crippen LogP contribution < -0.4 is 5.32 Å². The van der Waals surface area contributed by atoms with Gasteiger partial charge in [-0.1, -0.05) is 6.42 Å². The summed E-state index contributed by atoms with van der Waals surface area (Å²) in [5.41, 5.74) is 0. The summed E-state index contributed by atoms with van der Waals surface area (Å²) < 4.78 is 22.5. The first-order valence-corrected chi connectivity index (χ1v) is 7.95. The van der Waals surface area contributed by atoms with E-state index in [1.807, 2.05) is 0 Å². The Morgan fingerprint density at radius 1 is 1.11 bits per heavy atom. The molecule has 2 aliphatic rings. The lowest BCUT2D eigenvalue weighted by atomic mass is 9.95. The van der Waals surface area contributed by atoms with Crippen molar-refractivity contribution in [3.05, 3.63) is 0 Å². The first-order chi connectivity index (χ1) is 8.39. The minimum Gasteiger partial charge on any atom is -0.481 e. The molecule has 1 heterocycles. The molecule has 18 heavy (non-hydrogen) atoms. The van der Waals surface area contributed by atoms with E-state index in [0.717, 1.165) is 6.42 Å². The molecule has 1 saturated carbocycles. The fourth-order valence-corrected chi connectivity index (χ4v) is 4.46. The van der Waals surface area contributed by atoms with Gasteiger partial charge in [0.15, 0.2) is 9.84 Å². The molecule has 6 nitrogen and oxygen atoms in total. The van der Waals surface area contributed by atoms with Crippen LogP contribution in [0.1, 0.15) is 25.7 Å². The second kappa shape index (κ2) is 4.87. The third-order valence-corrected chi connectivity index (χ3v) is 5.52. The number of hydrogen-bond acceptors (Lipinski definition) is 4. The van der Waals surface area contributed by atoms with E-state index in [1.165, 1.54) is 0 Å². The fourth-order valence-electron chi connectivity index (χ4n) is 2.79. The molecule has 0 radical (unpaired) electrons. The molecule has 0 aromatic carbocycles. The molecular formula is C11H17NO5S. The minimum absolute atomic E-state index is 0.0246. The lowest BCUT2D eigenvalue weighted by molar-refractivity contribution is -0.146. The molecule has 0 aromatic heterocycles. The number of carboxylic acid groups (broad SMARTS) is 1. The molecular weight excluding hydrogens is 258 g/mol. The van der Waals surface area contributed by atoms with Crippen molar-refractivity contribution in [1.82, 2.24) is 5.32 Å². The zero-order valence-electron chi connectivity index (χ0n) is 9.96. The van der Waals surface area contributed by atoms with Gasteiger partial charge in [-0.15, -0.1) is 0 Å². The minimum atomic E-state index is -3.03. The number of aliphatic carboxylic acids is 1. The van der Waals surface area contributed by atoms with Crippen LogP contribution >= 0.6 is 0 Å². The van der Waals surface area contributed by atoms with Gasteiger partial charge in [0, 0.05) is 6.04 Å². The van der Waals surface area contributed by atoms with Crippen LogP contribution in [-0.4, -0.2) is 42.9 Å². The van der Waals surface area contributed by atoms with E-state index in [4.69, 9.17) is 5.11 Å². The highest BCUT2D eigenvalue weighted by Crippen LogP contribution is 2.32. The van der Waals surface area contributed by atoms with E-state index in [9.17, 15) is 18.0 Å². The molecule has 3 atom stereocenters. The predicted octanol–water partition coefficient (Wildman–Crippen LogP) is -0.209. The van der Waals surface area contributed by atoms with Crippen LogP contribution in [0.25, 0.3) is 0 Å². The van der Waals surface area contributed by atoms with Crippen molar-refractivity contribution in [3.63, 3.8) is 0 Å². The van der Waals surface area contributed by atoms with Crippen LogP contribution in [0.3, 0.4) is 0 Å². The fraction of sp³-hybridized carbons (Fsp3) is 0.818. The molecule has 1 saturated heterocycles. The summed E-state index contributed by atoms with van der Waals surface area (Å²) in [4.78, 5) is 22.9. The quantitative estimate of drug-likeness (QED) is 0.742. The van der Waals surface area contributed by atoms with Crippen molar-refractivity contribution >= 4 is 21.7 Å². The lowest BCUT2D eigenvalue weighted by Crippen LogP contribution is -2.41. The molecule has 1 amide bonds. The summed E-state index contributed by atoms with van der Waals surface area (Å²) in [7, 11) is -3.03. The first kappa shape index (κ1) is 13.3. The lowest BCUT2D eigenvalue weighted by Gasteiger charge is -2.18. The van der Waals surface area contributed by atoms with Crippen molar-refractivity contribution < 1.29 is 23.1 Å². The maximum Gasteiger partial charge on any atom is 0.307 e. The maximum absolute atomic E-state index is 12.0. The Kier molecular flexibility index (Phi) is 3.61. The SMILES string of the molecule is O=C(O)[C@H]1CCC[C@H]1C(=O)NC1CCS(=O)(=O)C1. The largest absolute Gasteiger partial charge is 0.481 e. The number of carbonyl (C=O) groups is 2. The monoisotopic (exact) mass is 275 g/mol. The molecule has 2 rings (SSSR count). The van der Waals surface area contributed by atoms with Crippen molar-refractivity contribution in [2.75, 3.05) is 11.5 Å². The predicted molar refractivity (Wildman–Crippen MR) is 63.7 cm³/mol. The Hall–Kier alpha value is -1.11.